The Kier molecular flexibility index (Phi) is 4.70. The van der Waals surface area contributed by atoms with Gasteiger partial charge in [0.15, 0.2) is 5.82 Å². The van der Waals surface area contributed by atoms with Crippen molar-refractivity contribution in [1.29, 1.82) is 0 Å². The number of ether oxygens (including phenoxy) is 1. The second kappa shape index (κ2) is 6.93. The lowest BCUT2D eigenvalue weighted by atomic mass is 9.96. The smallest absolute Gasteiger partial charge is 0.181 e. The zero-order valence-corrected chi connectivity index (χ0v) is 15.0. The minimum absolute atomic E-state index is 0.458. The Morgan fingerprint density at radius 2 is 1.84 bits per heavy atom. The quantitative estimate of drug-likeness (QED) is 0.743. The van der Waals surface area contributed by atoms with Gasteiger partial charge in [0.2, 0.25) is 0 Å². The van der Waals surface area contributed by atoms with Gasteiger partial charge in [0.1, 0.15) is 5.75 Å². The highest BCUT2D eigenvalue weighted by Crippen LogP contribution is 2.33. The maximum absolute atomic E-state index is 5.47. The Labute approximate surface area is 147 Å². The van der Waals surface area contributed by atoms with Crippen molar-refractivity contribution < 1.29 is 4.74 Å². The molecule has 3 rings (SSSR count). The van der Waals surface area contributed by atoms with E-state index in [4.69, 9.17) is 4.74 Å². The highest BCUT2D eigenvalue weighted by atomic mass is 16.5. The number of methoxy groups -OCH3 is 1. The molecule has 6 nitrogen and oxygen atoms in total. The topological polar surface area (TPSA) is 64.9 Å². The molecule has 130 valence electrons. The van der Waals surface area contributed by atoms with E-state index >= 15 is 0 Å². The summed E-state index contributed by atoms with van der Waals surface area (Å²) in [4.78, 5) is 0. The van der Waals surface area contributed by atoms with Crippen molar-refractivity contribution in [3.8, 4) is 11.4 Å². The summed E-state index contributed by atoms with van der Waals surface area (Å²) in [6.07, 6.45) is 0.803. The van der Waals surface area contributed by atoms with Gasteiger partial charge in [-0.05, 0) is 54.5 Å². The van der Waals surface area contributed by atoms with Crippen LogP contribution >= 0.6 is 0 Å². The van der Waals surface area contributed by atoms with E-state index in [1.807, 2.05) is 42.5 Å². The van der Waals surface area contributed by atoms with E-state index in [0.717, 1.165) is 34.9 Å². The lowest BCUT2D eigenvalue weighted by Gasteiger charge is -2.30. The molecule has 1 N–H and O–H groups in total. The van der Waals surface area contributed by atoms with Gasteiger partial charge in [0.25, 0.3) is 0 Å². The van der Waals surface area contributed by atoms with Crippen LogP contribution in [0.3, 0.4) is 0 Å². The van der Waals surface area contributed by atoms with Crippen LogP contribution in [0.4, 0.5) is 5.69 Å². The van der Waals surface area contributed by atoms with Gasteiger partial charge in [0.05, 0.1) is 24.0 Å². The fourth-order valence-corrected chi connectivity index (χ4v) is 2.84. The molecule has 2 aromatic carbocycles. The Bertz CT molecular complexity index is 860. The van der Waals surface area contributed by atoms with Crippen LogP contribution in [-0.2, 0) is 5.54 Å². The third kappa shape index (κ3) is 3.20. The second-order valence-corrected chi connectivity index (χ2v) is 6.21. The first-order chi connectivity index (χ1) is 12.1. The Morgan fingerprint density at radius 1 is 1.12 bits per heavy atom. The summed E-state index contributed by atoms with van der Waals surface area (Å²) < 4.78 is 7.27. The summed E-state index contributed by atoms with van der Waals surface area (Å²) in [6.45, 7) is 6.26. The van der Waals surface area contributed by atoms with Crippen LogP contribution in [-0.4, -0.2) is 27.3 Å². The molecule has 3 aromatic rings. The highest BCUT2D eigenvalue weighted by Gasteiger charge is 2.32. The number of para-hydroxylation sites is 3. The Hall–Kier alpha value is -2.89. The minimum Gasteiger partial charge on any atom is -0.495 e. The number of aromatic nitrogens is 4. The van der Waals surface area contributed by atoms with Crippen LogP contribution < -0.4 is 10.1 Å². The largest absolute Gasteiger partial charge is 0.495 e. The summed E-state index contributed by atoms with van der Waals surface area (Å²) in [7, 11) is 1.67. The molecule has 6 heteroatoms. The third-order valence-corrected chi connectivity index (χ3v) is 4.53. The van der Waals surface area contributed by atoms with Crippen LogP contribution in [0.25, 0.3) is 5.69 Å². The number of aryl methyl sites for hydroxylation is 1. The third-order valence-electron chi connectivity index (χ3n) is 4.53. The molecule has 0 aliphatic rings. The van der Waals surface area contributed by atoms with Gasteiger partial charge in [-0.1, -0.05) is 37.3 Å². The van der Waals surface area contributed by atoms with Gasteiger partial charge in [-0.15, -0.1) is 5.10 Å². The number of benzene rings is 2. The molecular formula is C19H23N5O. The molecule has 25 heavy (non-hydrogen) atoms. The molecule has 0 saturated heterocycles. The van der Waals surface area contributed by atoms with Crippen LogP contribution in [0.1, 0.15) is 31.7 Å². The fourth-order valence-electron chi connectivity index (χ4n) is 2.84. The van der Waals surface area contributed by atoms with E-state index in [1.54, 1.807) is 11.8 Å². The molecule has 0 saturated carbocycles. The van der Waals surface area contributed by atoms with Crippen molar-refractivity contribution in [3.63, 3.8) is 0 Å². The molecule has 1 heterocycles. The molecule has 0 bridgehead atoms. The van der Waals surface area contributed by atoms with Crippen molar-refractivity contribution in [1.82, 2.24) is 20.2 Å². The highest BCUT2D eigenvalue weighted by molar-refractivity contribution is 5.58. The molecule has 0 fully saturated rings. The second-order valence-electron chi connectivity index (χ2n) is 6.21. The number of hydrogen-bond donors (Lipinski definition) is 1. The standard InChI is InChI=1S/C19H23N5O/c1-5-19(3,20-15-11-7-9-13-17(15)25-4)18-21-22-23-24(18)16-12-8-6-10-14(16)2/h6-13,20H,5H2,1-4H3/t19-/m1/s1. The number of tetrazole rings is 1. The monoisotopic (exact) mass is 337 g/mol. The van der Waals surface area contributed by atoms with Crippen molar-refractivity contribution in [2.75, 3.05) is 12.4 Å². The summed E-state index contributed by atoms with van der Waals surface area (Å²) >= 11 is 0. The van der Waals surface area contributed by atoms with E-state index in [9.17, 15) is 0 Å². The number of rotatable bonds is 6. The number of anilines is 1. The van der Waals surface area contributed by atoms with Crippen molar-refractivity contribution in [2.45, 2.75) is 32.7 Å². The van der Waals surface area contributed by atoms with Gasteiger partial charge in [0, 0.05) is 0 Å². The van der Waals surface area contributed by atoms with Gasteiger partial charge in [-0.25, -0.2) is 0 Å². The first kappa shape index (κ1) is 17.0. The summed E-state index contributed by atoms with van der Waals surface area (Å²) in [5.41, 5.74) is 2.55. The lowest BCUT2D eigenvalue weighted by molar-refractivity contribution is 0.411. The zero-order chi connectivity index (χ0) is 17.9. The maximum atomic E-state index is 5.47. The van der Waals surface area contributed by atoms with Crippen LogP contribution in [0.5, 0.6) is 5.75 Å². The molecule has 0 amide bonds. The van der Waals surface area contributed by atoms with Gasteiger partial charge in [-0.2, -0.15) is 4.68 Å². The SMILES string of the molecule is CC[C@@](C)(Nc1ccccc1OC)c1nnnn1-c1ccccc1C. The first-order valence-electron chi connectivity index (χ1n) is 8.35. The van der Waals surface area contributed by atoms with Gasteiger partial charge in [-0.3, -0.25) is 0 Å². The molecule has 0 radical (unpaired) electrons. The Balaban J connectivity index is 2.04. The Morgan fingerprint density at radius 3 is 2.56 bits per heavy atom. The normalized spacial score (nSPS) is 13.3. The van der Waals surface area contributed by atoms with E-state index in [2.05, 4.69) is 47.7 Å². The average Bonchev–Trinajstić information content (AvgIpc) is 3.13. The number of nitrogens with zero attached hydrogens (tertiary/aromatic N) is 4. The lowest BCUT2D eigenvalue weighted by Crippen LogP contribution is -2.34. The van der Waals surface area contributed by atoms with Crippen LogP contribution in [0.15, 0.2) is 48.5 Å². The molecule has 0 aliphatic carbocycles. The fraction of sp³-hybridized carbons (Fsp3) is 0.316. The molecular weight excluding hydrogens is 314 g/mol. The van der Waals surface area contributed by atoms with E-state index < -0.39 is 5.54 Å². The first-order valence-corrected chi connectivity index (χ1v) is 8.35. The summed E-state index contributed by atoms with van der Waals surface area (Å²) in [5, 5.41) is 16.1. The van der Waals surface area contributed by atoms with E-state index in [1.165, 1.54) is 0 Å². The van der Waals surface area contributed by atoms with Crippen molar-refractivity contribution in [3.05, 3.63) is 59.9 Å². The van der Waals surface area contributed by atoms with E-state index in [-0.39, 0.29) is 0 Å². The van der Waals surface area contributed by atoms with Crippen molar-refractivity contribution >= 4 is 5.69 Å². The van der Waals surface area contributed by atoms with Crippen LogP contribution in [0, 0.1) is 6.92 Å². The molecule has 0 spiro atoms. The summed E-state index contributed by atoms with van der Waals surface area (Å²) in [6, 6.07) is 15.9. The average molecular weight is 337 g/mol. The van der Waals surface area contributed by atoms with Gasteiger partial charge >= 0.3 is 0 Å². The number of hydrogen-bond acceptors (Lipinski definition) is 5. The molecule has 0 unspecified atom stereocenters. The predicted octanol–water partition coefficient (Wildman–Crippen LogP) is 3.72. The molecule has 1 aromatic heterocycles. The molecule has 1 atom stereocenters. The minimum atomic E-state index is -0.458. The predicted molar refractivity (Wildman–Crippen MR) is 98.2 cm³/mol. The van der Waals surface area contributed by atoms with E-state index in [0.29, 0.717) is 0 Å². The molecule has 0 aliphatic heterocycles. The zero-order valence-electron chi connectivity index (χ0n) is 15.0. The number of nitrogens with one attached hydrogen (secondary N) is 1. The summed E-state index contributed by atoms with van der Waals surface area (Å²) in [5.74, 6) is 1.55. The van der Waals surface area contributed by atoms with Crippen LogP contribution in [0.2, 0.25) is 0 Å². The van der Waals surface area contributed by atoms with Gasteiger partial charge < -0.3 is 10.1 Å². The van der Waals surface area contributed by atoms with Crippen molar-refractivity contribution in [2.24, 2.45) is 0 Å². The maximum Gasteiger partial charge on any atom is 0.181 e.